The predicted molar refractivity (Wildman–Crippen MR) is 151 cm³/mol. The first-order chi connectivity index (χ1) is 20.2. The third kappa shape index (κ3) is 4.34. The van der Waals surface area contributed by atoms with E-state index in [-0.39, 0.29) is 35.7 Å². The lowest BCUT2D eigenvalue weighted by Crippen LogP contribution is -2.53. The first-order valence-electron chi connectivity index (χ1n) is 13.8. The molecular formula is C29H32N4O8S. The van der Waals surface area contributed by atoms with Crippen LogP contribution < -0.4 is 4.90 Å². The normalized spacial score (nSPS) is 25.0. The number of morpholine rings is 2. The molecule has 3 fully saturated rings. The fraction of sp³-hybridized carbons (Fsp3) is 0.414. The zero-order valence-electron chi connectivity index (χ0n) is 23.2. The quantitative estimate of drug-likeness (QED) is 0.289. The summed E-state index contributed by atoms with van der Waals surface area (Å²) in [6.07, 6.45) is 0. The van der Waals surface area contributed by atoms with Gasteiger partial charge in [0.1, 0.15) is 5.76 Å². The number of ketones is 1. The van der Waals surface area contributed by atoms with Crippen molar-refractivity contribution in [2.75, 3.05) is 77.6 Å². The minimum Gasteiger partial charge on any atom is -0.507 e. The van der Waals surface area contributed by atoms with Crippen molar-refractivity contribution in [2.45, 2.75) is 10.4 Å². The molecule has 222 valence electrons. The zero-order chi connectivity index (χ0) is 29.6. The van der Waals surface area contributed by atoms with E-state index < -0.39 is 38.9 Å². The van der Waals surface area contributed by atoms with Gasteiger partial charge in [-0.1, -0.05) is 18.2 Å². The maximum atomic E-state index is 14.2. The van der Waals surface area contributed by atoms with E-state index in [2.05, 4.69) is 4.90 Å². The number of hydrogen-bond donors (Lipinski definition) is 1. The number of nitrogens with zero attached hydrogens (tertiary/aromatic N) is 4. The van der Waals surface area contributed by atoms with Gasteiger partial charge in [-0.05, 0) is 30.3 Å². The van der Waals surface area contributed by atoms with E-state index >= 15 is 0 Å². The summed E-state index contributed by atoms with van der Waals surface area (Å²) in [5.74, 6) is -2.93. The van der Waals surface area contributed by atoms with Gasteiger partial charge in [0.2, 0.25) is 10.0 Å². The number of rotatable bonds is 6. The number of Topliss-reactive ketones (excluding diaryl/α,β-unsaturated/α-hetero) is 1. The van der Waals surface area contributed by atoms with Gasteiger partial charge in [0.25, 0.3) is 17.6 Å². The molecule has 13 heteroatoms. The molecule has 1 spiro atoms. The molecule has 2 amide bonds. The monoisotopic (exact) mass is 596 g/mol. The largest absolute Gasteiger partial charge is 0.507 e. The van der Waals surface area contributed by atoms with E-state index in [0.29, 0.717) is 57.3 Å². The van der Waals surface area contributed by atoms with E-state index in [4.69, 9.17) is 9.47 Å². The number of para-hydroxylation sites is 1. The fourth-order valence-corrected chi connectivity index (χ4v) is 7.61. The molecule has 0 radical (unpaired) electrons. The summed E-state index contributed by atoms with van der Waals surface area (Å²) in [6.45, 7) is 3.95. The van der Waals surface area contributed by atoms with E-state index in [9.17, 15) is 27.9 Å². The second-order valence-corrected chi connectivity index (χ2v) is 12.5. The molecule has 4 heterocycles. The number of benzene rings is 2. The lowest BCUT2D eigenvalue weighted by Gasteiger charge is -2.36. The third-order valence-electron chi connectivity index (χ3n) is 8.42. The van der Waals surface area contributed by atoms with Gasteiger partial charge in [0, 0.05) is 63.1 Å². The van der Waals surface area contributed by atoms with Crippen molar-refractivity contribution in [3.05, 3.63) is 65.2 Å². The summed E-state index contributed by atoms with van der Waals surface area (Å²) >= 11 is 0. The number of likely N-dealkylation sites (tertiary alicyclic amines) is 1. The number of fused-ring (bicyclic) bond motifs is 2. The molecule has 1 N–H and O–H groups in total. The van der Waals surface area contributed by atoms with Gasteiger partial charge < -0.3 is 24.4 Å². The number of carbonyl (C=O) groups is 3. The van der Waals surface area contributed by atoms with Crippen molar-refractivity contribution in [2.24, 2.45) is 0 Å². The molecule has 4 aliphatic rings. The SMILES string of the molecule is CN1C(=O)[C@@]2(C(=C(O)c3ccc(S(=O)(=O)N4CCOCC4)cc3)C(=O)C(=O)N2CCN2CCOCC2)c2ccccc21. The molecule has 2 aromatic carbocycles. The van der Waals surface area contributed by atoms with E-state index in [0.717, 1.165) is 0 Å². The van der Waals surface area contributed by atoms with Crippen LogP contribution in [-0.2, 0) is 39.4 Å². The summed E-state index contributed by atoms with van der Waals surface area (Å²) in [4.78, 5) is 46.3. The molecule has 42 heavy (non-hydrogen) atoms. The maximum absolute atomic E-state index is 14.2. The molecule has 1 atom stereocenters. The van der Waals surface area contributed by atoms with Crippen LogP contribution in [-0.4, -0.2) is 118 Å². The summed E-state index contributed by atoms with van der Waals surface area (Å²) < 4.78 is 38.2. The highest BCUT2D eigenvalue weighted by Crippen LogP contribution is 2.53. The highest BCUT2D eigenvalue weighted by atomic mass is 32.2. The Morgan fingerprint density at radius 1 is 0.881 bits per heavy atom. The average Bonchev–Trinajstić information content (AvgIpc) is 3.38. The molecule has 0 unspecified atom stereocenters. The summed E-state index contributed by atoms with van der Waals surface area (Å²) in [6, 6.07) is 12.4. The van der Waals surface area contributed by atoms with Crippen molar-refractivity contribution in [1.82, 2.24) is 14.1 Å². The number of carbonyl (C=O) groups excluding carboxylic acids is 3. The molecule has 0 aromatic heterocycles. The van der Waals surface area contributed by atoms with Gasteiger partial charge in [0.15, 0.2) is 5.54 Å². The van der Waals surface area contributed by atoms with Crippen LogP contribution in [0.1, 0.15) is 11.1 Å². The van der Waals surface area contributed by atoms with Crippen LogP contribution in [0.25, 0.3) is 5.76 Å². The number of amides is 2. The molecule has 0 bridgehead atoms. The molecule has 3 saturated heterocycles. The second-order valence-electron chi connectivity index (χ2n) is 10.6. The van der Waals surface area contributed by atoms with Crippen LogP contribution in [0.4, 0.5) is 5.69 Å². The Balaban J connectivity index is 1.44. The summed E-state index contributed by atoms with van der Waals surface area (Å²) in [5, 5.41) is 11.6. The highest BCUT2D eigenvalue weighted by Gasteiger charge is 2.66. The molecule has 6 rings (SSSR count). The minimum absolute atomic E-state index is 0.0173. The van der Waals surface area contributed by atoms with Crippen LogP contribution in [0.5, 0.6) is 0 Å². The number of hydrogen-bond acceptors (Lipinski definition) is 9. The van der Waals surface area contributed by atoms with Crippen LogP contribution in [0.2, 0.25) is 0 Å². The Labute approximate surface area is 243 Å². The average molecular weight is 597 g/mol. The third-order valence-corrected chi connectivity index (χ3v) is 10.3. The van der Waals surface area contributed by atoms with Crippen molar-refractivity contribution in [3.63, 3.8) is 0 Å². The fourth-order valence-electron chi connectivity index (χ4n) is 6.20. The smallest absolute Gasteiger partial charge is 0.296 e. The Hall–Kier alpha value is -3.62. The van der Waals surface area contributed by atoms with Gasteiger partial charge in [0.05, 0.1) is 36.9 Å². The summed E-state index contributed by atoms with van der Waals surface area (Å²) in [5.41, 5.74) is -1.14. The molecular weight excluding hydrogens is 564 g/mol. The lowest BCUT2D eigenvalue weighted by atomic mass is 9.82. The standard InChI is InChI=1S/C29H32N4O8S/c1-30-23-5-3-2-4-22(23)29(28(30)37)24(26(35)27(36)33(29)11-10-31-12-16-40-17-13-31)25(34)20-6-8-21(9-7-20)42(38,39)32-14-18-41-19-15-32/h2-9,34H,10-19H2,1H3/t29-/m0/s1. The van der Waals surface area contributed by atoms with Gasteiger partial charge in [-0.15, -0.1) is 0 Å². The highest BCUT2D eigenvalue weighted by molar-refractivity contribution is 7.89. The van der Waals surface area contributed by atoms with Crippen molar-refractivity contribution in [3.8, 4) is 0 Å². The van der Waals surface area contributed by atoms with E-state index in [1.54, 1.807) is 31.3 Å². The Bertz CT molecular complexity index is 1560. The van der Waals surface area contributed by atoms with Gasteiger partial charge in [-0.3, -0.25) is 19.3 Å². The van der Waals surface area contributed by atoms with Crippen LogP contribution in [0.3, 0.4) is 0 Å². The number of ether oxygens (including phenoxy) is 2. The molecule has 12 nitrogen and oxygen atoms in total. The van der Waals surface area contributed by atoms with Crippen LogP contribution in [0.15, 0.2) is 59.0 Å². The van der Waals surface area contributed by atoms with E-state index in [1.807, 2.05) is 0 Å². The van der Waals surface area contributed by atoms with Crippen molar-refractivity contribution in [1.29, 1.82) is 0 Å². The molecule has 2 aromatic rings. The Morgan fingerprint density at radius 3 is 2.17 bits per heavy atom. The predicted octanol–water partition coefficient (Wildman–Crippen LogP) is 0.592. The topological polar surface area (TPSA) is 137 Å². The number of likely N-dealkylation sites (N-methyl/N-ethyl adjacent to an activating group) is 1. The van der Waals surface area contributed by atoms with Gasteiger partial charge >= 0.3 is 0 Å². The molecule has 4 aliphatic heterocycles. The van der Waals surface area contributed by atoms with Crippen LogP contribution in [0, 0.1) is 0 Å². The molecule has 0 aliphatic carbocycles. The van der Waals surface area contributed by atoms with E-state index in [1.165, 1.54) is 38.4 Å². The number of aliphatic hydroxyl groups excluding tert-OH is 1. The second kappa shape index (κ2) is 10.9. The van der Waals surface area contributed by atoms with Crippen molar-refractivity contribution >= 4 is 39.1 Å². The zero-order valence-corrected chi connectivity index (χ0v) is 24.0. The number of anilines is 1. The van der Waals surface area contributed by atoms with Crippen molar-refractivity contribution < 1.29 is 37.4 Å². The van der Waals surface area contributed by atoms with Crippen LogP contribution >= 0.6 is 0 Å². The number of sulfonamides is 1. The first-order valence-corrected chi connectivity index (χ1v) is 15.3. The van der Waals surface area contributed by atoms with Gasteiger partial charge in [-0.25, -0.2) is 8.42 Å². The lowest BCUT2D eigenvalue weighted by molar-refractivity contribution is -0.144. The maximum Gasteiger partial charge on any atom is 0.296 e. The molecule has 0 saturated carbocycles. The first kappa shape index (κ1) is 28.5. The minimum atomic E-state index is -3.80. The summed E-state index contributed by atoms with van der Waals surface area (Å²) in [7, 11) is -2.22. The number of aliphatic hydroxyl groups is 1. The Kier molecular flexibility index (Phi) is 7.39. The Morgan fingerprint density at radius 2 is 1.50 bits per heavy atom. The van der Waals surface area contributed by atoms with Gasteiger partial charge in [-0.2, -0.15) is 4.31 Å².